The summed E-state index contributed by atoms with van der Waals surface area (Å²) >= 11 is 0. The smallest absolute Gasteiger partial charge is 0.289 e. The molecule has 1 aliphatic heterocycles. The Morgan fingerprint density at radius 3 is 1.95 bits per heavy atom. The first kappa shape index (κ1) is 19.3. The third-order valence-electron chi connectivity index (χ3n) is 2.93. The van der Waals surface area contributed by atoms with E-state index in [0.29, 0.717) is 5.41 Å². The molecular formula is C11H21NO6S2. The Labute approximate surface area is 121 Å². The molecule has 0 unspecified atom stereocenters. The second-order valence-electron chi connectivity index (χ2n) is 4.64. The SMILES string of the molecule is C=CS(=O)(=O)OCC[N+]1(C)CCCC1.C=CS(=O)(=O)[O-]. The van der Waals surface area contributed by atoms with Gasteiger partial charge in [0, 0.05) is 18.2 Å². The van der Waals surface area contributed by atoms with E-state index in [9.17, 15) is 21.4 Å². The topological polar surface area (TPSA) is 101 Å². The van der Waals surface area contributed by atoms with Crippen molar-refractivity contribution in [3.8, 4) is 0 Å². The van der Waals surface area contributed by atoms with E-state index in [1.165, 1.54) is 12.8 Å². The number of quaternary nitrogens is 1. The van der Waals surface area contributed by atoms with Gasteiger partial charge in [0.1, 0.15) is 23.3 Å². The van der Waals surface area contributed by atoms with Crippen molar-refractivity contribution in [1.29, 1.82) is 0 Å². The molecule has 9 heteroatoms. The molecule has 0 saturated carbocycles. The zero-order valence-corrected chi connectivity index (χ0v) is 13.2. The molecule has 0 aromatic heterocycles. The molecule has 0 aromatic carbocycles. The fraction of sp³-hybridized carbons (Fsp3) is 0.636. The molecule has 1 fully saturated rings. The highest BCUT2D eigenvalue weighted by Crippen LogP contribution is 2.15. The van der Waals surface area contributed by atoms with Crippen LogP contribution in [0.3, 0.4) is 0 Å². The second kappa shape index (κ2) is 7.89. The molecule has 1 aliphatic rings. The zero-order chi connectivity index (χ0) is 15.9. The zero-order valence-electron chi connectivity index (χ0n) is 11.5. The number of nitrogens with zero attached hydrogens (tertiary/aromatic N) is 1. The van der Waals surface area contributed by atoms with Gasteiger partial charge in [0.2, 0.25) is 0 Å². The highest BCUT2D eigenvalue weighted by molar-refractivity contribution is 7.89. The number of likely N-dealkylation sites (N-methyl/N-ethyl adjacent to an activating group) is 1. The summed E-state index contributed by atoms with van der Waals surface area (Å²) in [5, 5.41) is 1.20. The summed E-state index contributed by atoms with van der Waals surface area (Å²) in [6.45, 7) is 9.17. The Morgan fingerprint density at radius 1 is 1.15 bits per heavy atom. The van der Waals surface area contributed by atoms with E-state index in [-0.39, 0.29) is 6.61 Å². The predicted molar refractivity (Wildman–Crippen MR) is 75.0 cm³/mol. The van der Waals surface area contributed by atoms with Crippen LogP contribution in [-0.4, -0.2) is 59.2 Å². The van der Waals surface area contributed by atoms with Crippen LogP contribution in [0.4, 0.5) is 0 Å². The maximum atomic E-state index is 10.9. The van der Waals surface area contributed by atoms with Crippen molar-refractivity contribution < 1.29 is 30.1 Å². The maximum Gasteiger partial charge on any atom is 0.289 e. The first-order valence-corrected chi connectivity index (χ1v) is 8.92. The van der Waals surface area contributed by atoms with Gasteiger partial charge in [0.15, 0.2) is 0 Å². The van der Waals surface area contributed by atoms with E-state index in [1.807, 2.05) is 0 Å². The molecule has 0 spiro atoms. The summed E-state index contributed by atoms with van der Waals surface area (Å²) in [5.74, 6) is 0. The minimum atomic E-state index is -4.15. The third-order valence-corrected chi connectivity index (χ3v) is 4.24. The third kappa shape index (κ3) is 9.21. The van der Waals surface area contributed by atoms with E-state index < -0.39 is 20.2 Å². The number of rotatable bonds is 6. The molecule has 0 atom stereocenters. The van der Waals surface area contributed by atoms with Crippen LogP contribution >= 0.6 is 0 Å². The van der Waals surface area contributed by atoms with Crippen LogP contribution in [-0.2, 0) is 24.4 Å². The Kier molecular flexibility index (Phi) is 7.60. The monoisotopic (exact) mass is 327 g/mol. The Bertz CT molecular complexity index is 506. The summed E-state index contributed by atoms with van der Waals surface area (Å²) in [6.07, 6.45) is 2.45. The molecule has 118 valence electrons. The van der Waals surface area contributed by atoms with E-state index in [0.717, 1.165) is 29.5 Å². The highest BCUT2D eigenvalue weighted by atomic mass is 32.2. The fourth-order valence-corrected chi connectivity index (χ4v) is 2.15. The van der Waals surface area contributed by atoms with E-state index in [4.69, 9.17) is 4.18 Å². The van der Waals surface area contributed by atoms with Crippen LogP contribution in [0, 0.1) is 0 Å². The van der Waals surface area contributed by atoms with Crippen LogP contribution in [0.2, 0.25) is 0 Å². The number of likely N-dealkylation sites (tertiary alicyclic amines) is 1. The quantitative estimate of drug-likeness (QED) is 0.397. The average Bonchev–Trinajstić information content (AvgIpc) is 2.76. The lowest BCUT2D eigenvalue weighted by Gasteiger charge is -2.28. The van der Waals surface area contributed by atoms with Gasteiger partial charge in [-0.05, 0) is 0 Å². The summed E-state index contributed by atoms with van der Waals surface area (Å²) in [5.41, 5.74) is 0. The Hall–Kier alpha value is -0.740. The number of hydrogen-bond donors (Lipinski definition) is 0. The second-order valence-corrected chi connectivity index (χ2v) is 7.51. The molecular weight excluding hydrogens is 306 g/mol. The minimum absolute atomic E-state index is 0.255. The lowest BCUT2D eigenvalue weighted by atomic mass is 10.4. The Morgan fingerprint density at radius 2 is 1.60 bits per heavy atom. The summed E-state index contributed by atoms with van der Waals surface area (Å²) < 4.78 is 55.5. The normalized spacial score (nSPS) is 17.9. The lowest BCUT2D eigenvalue weighted by molar-refractivity contribution is -0.897. The van der Waals surface area contributed by atoms with Crippen LogP contribution in [0.1, 0.15) is 12.8 Å². The first-order chi connectivity index (χ1) is 9.04. The van der Waals surface area contributed by atoms with Crippen molar-refractivity contribution in [2.75, 3.05) is 33.3 Å². The van der Waals surface area contributed by atoms with Crippen molar-refractivity contribution in [3.63, 3.8) is 0 Å². The predicted octanol–water partition coefficient (Wildman–Crippen LogP) is 0.392. The number of hydrogen-bond acceptors (Lipinski definition) is 6. The lowest BCUT2D eigenvalue weighted by Crippen LogP contribution is -2.43. The molecule has 0 aromatic rings. The molecule has 0 amide bonds. The summed E-state index contributed by atoms with van der Waals surface area (Å²) in [4.78, 5) is 0. The van der Waals surface area contributed by atoms with Crippen molar-refractivity contribution in [2.24, 2.45) is 0 Å². The minimum Gasteiger partial charge on any atom is -0.745 e. The van der Waals surface area contributed by atoms with Gasteiger partial charge in [0.25, 0.3) is 10.1 Å². The molecule has 1 heterocycles. The van der Waals surface area contributed by atoms with Crippen molar-refractivity contribution in [3.05, 3.63) is 24.0 Å². The van der Waals surface area contributed by atoms with Crippen LogP contribution < -0.4 is 0 Å². The van der Waals surface area contributed by atoms with E-state index in [1.54, 1.807) is 0 Å². The highest BCUT2D eigenvalue weighted by Gasteiger charge is 2.26. The fourth-order valence-electron chi connectivity index (χ4n) is 1.74. The van der Waals surface area contributed by atoms with E-state index >= 15 is 0 Å². The molecule has 1 saturated heterocycles. The standard InChI is InChI=1S/C9H18NO3S.C2H4O3S/c1-3-14(11,12)13-9-8-10(2)6-4-5-7-10;1-2-6(3,4)5/h3H,1,4-9H2,2H3;2H,1H2,(H,3,4,5)/q+1;/p-1. The van der Waals surface area contributed by atoms with Crippen LogP contribution in [0.25, 0.3) is 0 Å². The Balaban J connectivity index is 0.000000511. The van der Waals surface area contributed by atoms with Gasteiger partial charge in [0.05, 0.1) is 25.5 Å². The molecule has 0 N–H and O–H groups in total. The van der Waals surface area contributed by atoms with Gasteiger partial charge in [-0.15, -0.1) is 0 Å². The molecule has 0 radical (unpaired) electrons. The first-order valence-electron chi connectivity index (χ1n) is 5.97. The van der Waals surface area contributed by atoms with Gasteiger partial charge < -0.3 is 9.04 Å². The van der Waals surface area contributed by atoms with Crippen molar-refractivity contribution in [1.82, 2.24) is 0 Å². The molecule has 20 heavy (non-hydrogen) atoms. The van der Waals surface area contributed by atoms with Crippen LogP contribution in [0.5, 0.6) is 0 Å². The van der Waals surface area contributed by atoms with Gasteiger partial charge in [-0.3, -0.25) is 4.18 Å². The molecule has 0 aliphatic carbocycles. The summed E-state index contributed by atoms with van der Waals surface area (Å²) in [7, 11) is -5.50. The van der Waals surface area contributed by atoms with Gasteiger partial charge >= 0.3 is 0 Å². The molecule has 0 bridgehead atoms. The van der Waals surface area contributed by atoms with Gasteiger partial charge in [-0.2, -0.15) is 8.42 Å². The maximum absolute atomic E-state index is 10.9. The van der Waals surface area contributed by atoms with E-state index in [2.05, 4.69) is 20.2 Å². The van der Waals surface area contributed by atoms with Gasteiger partial charge in [-0.25, -0.2) is 8.42 Å². The van der Waals surface area contributed by atoms with Crippen LogP contribution in [0.15, 0.2) is 24.0 Å². The van der Waals surface area contributed by atoms with Crippen molar-refractivity contribution >= 4 is 20.2 Å². The van der Waals surface area contributed by atoms with Gasteiger partial charge in [-0.1, -0.05) is 13.2 Å². The molecule has 1 rings (SSSR count). The molecule has 7 nitrogen and oxygen atoms in total. The summed E-state index contributed by atoms with van der Waals surface area (Å²) in [6, 6.07) is 0. The van der Waals surface area contributed by atoms with Crippen molar-refractivity contribution in [2.45, 2.75) is 12.8 Å². The largest absolute Gasteiger partial charge is 0.745 e. The average molecular weight is 327 g/mol.